The lowest BCUT2D eigenvalue weighted by atomic mass is 10.2. The van der Waals surface area contributed by atoms with Crippen LogP contribution in [0.5, 0.6) is 0 Å². The van der Waals surface area contributed by atoms with Gasteiger partial charge in [0, 0.05) is 37.9 Å². The molecule has 1 aromatic heterocycles. The van der Waals surface area contributed by atoms with Gasteiger partial charge in [-0.3, -0.25) is 4.79 Å². The Hall–Kier alpha value is -3.12. The summed E-state index contributed by atoms with van der Waals surface area (Å²) in [6.45, 7) is 0. The van der Waals surface area contributed by atoms with E-state index in [0.717, 1.165) is 11.4 Å². The fraction of sp³-hybridized carbons (Fsp3) is 0.105. The van der Waals surface area contributed by atoms with Crippen molar-refractivity contribution in [2.75, 3.05) is 29.6 Å². The second-order valence-electron chi connectivity index (χ2n) is 5.80. The van der Waals surface area contributed by atoms with E-state index in [1.165, 1.54) is 12.4 Å². The molecule has 0 radical (unpaired) electrons. The first-order chi connectivity index (χ1) is 12.5. The first kappa shape index (κ1) is 17.7. The third kappa shape index (κ3) is 4.29. The summed E-state index contributed by atoms with van der Waals surface area (Å²) in [5.74, 6) is 0.0943. The van der Waals surface area contributed by atoms with Crippen LogP contribution < -0.4 is 15.5 Å². The van der Waals surface area contributed by atoms with Gasteiger partial charge in [0.2, 0.25) is 5.95 Å². The standard InChI is InChI=1S/C19H18ClN5O/c1-25(2)15-9-7-14(8-10-15)23-19-21-11-13(12-22-19)18(26)24-17-6-4-3-5-16(17)20/h3-12H,1-2H3,(H,24,26)(H,21,22,23). The highest BCUT2D eigenvalue weighted by Crippen LogP contribution is 2.21. The molecule has 1 heterocycles. The van der Waals surface area contributed by atoms with Crippen molar-refractivity contribution >= 4 is 40.5 Å². The number of nitrogens with zero attached hydrogens (tertiary/aromatic N) is 3. The number of hydrogen-bond donors (Lipinski definition) is 2. The van der Waals surface area contributed by atoms with Crippen molar-refractivity contribution in [3.8, 4) is 0 Å². The average molecular weight is 368 g/mol. The van der Waals surface area contributed by atoms with E-state index in [9.17, 15) is 4.79 Å². The number of rotatable bonds is 5. The number of halogens is 1. The maximum atomic E-state index is 12.3. The molecule has 3 aromatic rings. The topological polar surface area (TPSA) is 70.2 Å². The lowest BCUT2D eigenvalue weighted by Gasteiger charge is -2.13. The van der Waals surface area contributed by atoms with Gasteiger partial charge in [-0.1, -0.05) is 23.7 Å². The van der Waals surface area contributed by atoms with E-state index >= 15 is 0 Å². The molecule has 0 atom stereocenters. The van der Waals surface area contributed by atoms with Gasteiger partial charge in [0.1, 0.15) is 0 Å². The number of anilines is 4. The Labute approximate surface area is 156 Å². The summed E-state index contributed by atoms with van der Waals surface area (Å²) in [7, 11) is 3.97. The summed E-state index contributed by atoms with van der Waals surface area (Å²) in [6.07, 6.45) is 2.94. The average Bonchev–Trinajstić information content (AvgIpc) is 2.64. The summed E-state index contributed by atoms with van der Waals surface area (Å²) in [5, 5.41) is 6.31. The predicted molar refractivity (Wildman–Crippen MR) is 105 cm³/mol. The van der Waals surface area contributed by atoms with Crippen LogP contribution in [0.1, 0.15) is 10.4 Å². The number of para-hydroxylation sites is 1. The van der Waals surface area contributed by atoms with E-state index < -0.39 is 0 Å². The summed E-state index contributed by atoms with van der Waals surface area (Å²) in [5.41, 5.74) is 2.85. The molecule has 2 aromatic carbocycles. The Morgan fingerprint density at radius 1 is 1.00 bits per heavy atom. The maximum Gasteiger partial charge on any atom is 0.258 e. The van der Waals surface area contributed by atoms with Crippen molar-refractivity contribution in [1.29, 1.82) is 0 Å². The van der Waals surface area contributed by atoms with E-state index in [2.05, 4.69) is 20.6 Å². The minimum absolute atomic E-state index is 0.319. The van der Waals surface area contributed by atoms with Gasteiger partial charge in [-0.05, 0) is 36.4 Å². The van der Waals surface area contributed by atoms with Crippen molar-refractivity contribution in [3.05, 3.63) is 71.5 Å². The number of amides is 1. The molecule has 0 aliphatic heterocycles. The van der Waals surface area contributed by atoms with Crippen LogP contribution >= 0.6 is 11.6 Å². The monoisotopic (exact) mass is 367 g/mol. The van der Waals surface area contributed by atoms with Gasteiger partial charge in [-0.2, -0.15) is 0 Å². The predicted octanol–water partition coefficient (Wildman–Crippen LogP) is 4.19. The zero-order valence-electron chi connectivity index (χ0n) is 14.4. The number of carbonyl (C=O) groups excluding carboxylic acids is 1. The van der Waals surface area contributed by atoms with Crippen LogP contribution in [0.15, 0.2) is 60.9 Å². The second-order valence-corrected chi connectivity index (χ2v) is 6.20. The molecule has 0 fully saturated rings. The van der Waals surface area contributed by atoms with Crippen LogP contribution in [0.25, 0.3) is 0 Å². The first-order valence-electron chi connectivity index (χ1n) is 7.95. The number of aromatic nitrogens is 2. The normalized spacial score (nSPS) is 10.3. The molecule has 0 saturated heterocycles. The van der Waals surface area contributed by atoms with Gasteiger partial charge in [0.25, 0.3) is 5.91 Å². The Bertz CT molecular complexity index is 895. The molecule has 0 saturated carbocycles. The minimum Gasteiger partial charge on any atom is -0.378 e. The minimum atomic E-state index is -0.319. The highest BCUT2D eigenvalue weighted by atomic mass is 35.5. The van der Waals surface area contributed by atoms with E-state index in [1.54, 1.807) is 24.3 Å². The number of carbonyl (C=O) groups is 1. The van der Waals surface area contributed by atoms with E-state index in [0.29, 0.717) is 22.2 Å². The lowest BCUT2D eigenvalue weighted by Crippen LogP contribution is -2.13. The highest BCUT2D eigenvalue weighted by molar-refractivity contribution is 6.33. The number of benzene rings is 2. The Balaban J connectivity index is 1.66. The van der Waals surface area contributed by atoms with Gasteiger partial charge in [0.15, 0.2) is 0 Å². The first-order valence-corrected chi connectivity index (χ1v) is 8.33. The fourth-order valence-corrected chi connectivity index (χ4v) is 2.42. The van der Waals surface area contributed by atoms with Gasteiger partial charge >= 0.3 is 0 Å². The fourth-order valence-electron chi connectivity index (χ4n) is 2.24. The third-order valence-electron chi connectivity index (χ3n) is 3.68. The molecule has 1 amide bonds. The van der Waals surface area contributed by atoms with Crippen LogP contribution in [0.4, 0.5) is 23.0 Å². The summed E-state index contributed by atoms with van der Waals surface area (Å²) >= 11 is 6.04. The van der Waals surface area contributed by atoms with Gasteiger partial charge in [-0.25, -0.2) is 9.97 Å². The molecule has 0 unspecified atom stereocenters. The highest BCUT2D eigenvalue weighted by Gasteiger charge is 2.09. The van der Waals surface area contributed by atoms with E-state index in [-0.39, 0.29) is 5.91 Å². The summed E-state index contributed by atoms with van der Waals surface area (Å²) < 4.78 is 0. The molecule has 7 heteroatoms. The SMILES string of the molecule is CN(C)c1ccc(Nc2ncc(C(=O)Nc3ccccc3Cl)cn2)cc1. The van der Waals surface area contributed by atoms with Crippen molar-refractivity contribution in [2.24, 2.45) is 0 Å². The van der Waals surface area contributed by atoms with Crippen molar-refractivity contribution in [3.63, 3.8) is 0 Å². The third-order valence-corrected chi connectivity index (χ3v) is 4.01. The van der Waals surface area contributed by atoms with Gasteiger partial charge in [-0.15, -0.1) is 0 Å². The van der Waals surface area contributed by atoms with Gasteiger partial charge < -0.3 is 15.5 Å². The van der Waals surface area contributed by atoms with Crippen LogP contribution in [0.2, 0.25) is 5.02 Å². The van der Waals surface area contributed by atoms with Crippen LogP contribution in [0.3, 0.4) is 0 Å². The molecule has 0 aliphatic rings. The largest absolute Gasteiger partial charge is 0.378 e. The quantitative estimate of drug-likeness (QED) is 0.707. The zero-order valence-corrected chi connectivity index (χ0v) is 15.2. The second kappa shape index (κ2) is 7.84. The molecular weight excluding hydrogens is 350 g/mol. The number of hydrogen-bond acceptors (Lipinski definition) is 5. The molecule has 0 bridgehead atoms. The van der Waals surface area contributed by atoms with Crippen LogP contribution in [-0.4, -0.2) is 30.0 Å². The van der Waals surface area contributed by atoms with Crippen molar-refractivity contribution in [2.45, 2.75) is 0 Å². The molecule has 6 nitrogen and oxygen atoms in total. The lowest BCUT2D eigenvalue weighted by molar-refractivity contribution is 0.102. The van der Waals surface area contributed by atoms with E-state index in [4.69, 9.17) is 11.6 Å². The van der Waals surface area contributed by atoms with Crippen molar-refractivity contribution < 1.29 is 4.79 Å². The van der Waals surface area contributed by atoms with Crippen molar-refractivity contribution in [1.82, 2.24) is 9.97 Å². The molecule has 3 rings (SSSR count). The summed E-state index contributed by atoms with van der Waals surface area (Å²) in [4.78, 5) is 22.7. The molecule has 132 valence electrons. The zero-order chi connectivity index (χ0) is 18.5. The Morgan fingerprint density at radius 3 is 2.27 bits per heavy atom. The summed E-state index contributed by atoms with van der Waals surface area (Å²) in [6, 6.07) is 14.9. The number of nitrogens with one attached hydrogen (secondary N) is 2. The maximum absolute atomic E-state index is 12.3. The smallest absolute Gasteiger partial charge is 0.258 e. The molecular formula is C19H18ClN5O. The molecule has 0 spiro atoms. The van der Waals surface area contributed by atoms with Crippen LogP contribution in [0, 0.1) is 0 Å². The Kier molecular flexibility index (Phi) is 5.34. The van der Waals surface area contributed by atoms with Crippen LogP contribution in [-0.2, 0) is 0 Å². The molecule has 0 aliphatic carbocycles. The molecule has 2 N–H and O–H groups in total. The van der Waals surface area contributed by atoms with E-state index in [1.807, 2.05) is 43.3 Å². The molecule has 26 heavy (non-hydrogen) atoms. The van der Waals surface area contributed by atoms with Gasteiger partial charge in [0.05, 0.1) is 16.3 Å². The Morgan fingerprint density at radius 2 is 1.65 bits per heavy atom.